The van der Waals surface area contributed by atoms with Crippen LogP contribution in [-0.4, -0.2) is 56.0 Å². The minimum absolute atomic E-state index is 0.0140. The lowest BCUT2D eigenvalue weighted by atomic mass is 9.66. The first-order chi connectivity index (χ1) is 12.3. The summed E-state index contributed by atoms with van der Waals surface area (Å²) in [6, 6.07) is 1.56. The van der Waals surface area contributed by atoms with E-state index in [2.05, 4.69) is 5.43 Å². The normalized spacial score (nSPS) is 33.2. The Morgan fingerprint density at radius 2 is 2.00 bits per heavy atom. The molecular formula is C18H21ClN2O5. The number of ether oxygens (including phenoxy) is 3. The maximum Gasteiger partial charge on any atom is 0.232 e. The summed E-state index contributed by atoms with van der Waals surface area (Å²) in [5.74, 6) is -0.375. The average Bonchev–Trinajstić information content (AvgIpc) is 3.13. The molecule has 1 aromatic rings. The number of methoxy groups -OCH3 is 2. The molecule has 7 nitrogen and oxygen atoms in total. The van der Waals surface area contributed by atoms with E-state index in [9.17, 15) is 9.59 Å². The molecule has 4 atom stereocenters. The zero-order valence-corrected chi connectivity index (χ0v) is 15.8. The SMILES string of the molecule is COc1cc(OC)c2c(c1Cl)OC1(C2=O)C(=O)C2CN(C)NC2CC1C. The summed E-state index contributed by atoms with van der Waals surface area (Å²) in [4.78, 5) is 26.8. The topological polar surface area (TPSA) is 77.1 Å². The number of ketones is 2. The highest BCUT2D eigenvalue weighted by molar-refractivity contribution is 6.36. The number of carbonyl (C=O) groups excluding carboxylic acids is 2. The van der Waals surface area contributed by atoms with Crippen molar-refractivity contribution in [2.24, 2.45) is 11.8 Å². The number of carbonyl (C=O) groups is 2. The zero-order chi connectivity index (χ0) is 18.8. The smallest absolute Gasteiger partial charge is 0.232 e. The van der Waals surface area contributed by atoms with Crippen LogP contribution in [0, 0.1) is 11.8 Å². The second-order valence-electron chi connectivity index (χ2n) is 7.19. The maximum atomic E-state index is 13.4. The van der Waals surface area contributed by atoms with E-state index in [-0.39, 0.29) is 45.8 Å². The van der Waals surface area contributed by atoms with E-state index in [1.54, 1.807) is 6.07 Å². The number of hydrogen-bond acceptors (Lipinski definition) is 7. The molecule has 2 aliphatic heterocycles. The van der Waals surface area contributed by atoms with Gasteiger partial charge in [0.25, 0.3) is 0 Å². The molecule has 1 N–H and O–H groups in total. The molecule has 1 saturated carbocycles. The number of hydrogen-bond donors (Lipinski definition) is 1. The molecule has 8 heteroatoms. The van der Waals surface area contributed by atoms with Gasteiger partial charge in [-0.1, -0.05) is 18.5 Å². The molecule has 2 fully saturated rings. The summed E-state index contributed by atoms with van der Waals surface area (Å²) in [6.07, 6.45) is 0.650. The predicted octanol–water partition coefficient (Wildman–Crippen LogP) is 1.71. The van der Waals surface area contributed by atoms with Crippen LogP contribution in [0.4, 0.5) is 0 Å². The fraction of sp³-hybridized carbons (Fsp3) is 0.556. The number of benzene rings is 1. The molecule has 0 bridgehead atoms. The van der Waals surface area contributed by atoms with Crippen molar-refractivity contribution in [2.45, 2.75) is 25.0 Å². The molecule has 4 unspecified atom stereocenters. The molecule has 1 aromatic carbocycles. The van der Waals surface area contributed by atoms with E-state index in [4.69, 9.17) is 25.8 Å². The molecule has 2 heterocycles. The van der Waals surface area contributed by atoms with Gasteiger partial charge >= 0.3 is 0 Å². The Balaban J connectivity index is 1.85. The van der Waals surface area contributed by atoms with Crippen LogP contribution < -0.4 is 19.6 Å². The van der Waals surface area contributed by atoms with Crippen LogP contribution in [0.1, 0.15) is 23.7 Å². The van der Waals surface area contributed by atoms with Gasteiger partial charge in [0.05, 0.1) is 20.1 Å². The molecule has 0 radical (unpaired) electrons. The third-order valence-electron chi connectivity index (χ3n) is 5.77. The summed E-state index contributed by atoms with van der Waals surface area (Å²) < 4.78 is 16.7. The van der Waals surface area contributed by atoms with E-state index in [1.807, 2.05) is 19.0 Å². The number of hydrazine groups is 1. The Morgan fingerprint density at radius 1 is 1.31 bits per heavy atom. The van der Waals surface area contributed by atoms with Crippen molar-refractivity contribution in [3.05, 3.63) is 16.7 Å². The van der Waals surface area contributed by atoms with E-state index in [0.717, 1.165) is 0 Å². The van der Waals surface area contributed by atoms with Crippen molar-refractivity contribution in [1.82, 2.24) is 10.4 Å². The third-order valence-corrected chi connectivity index (χ3v) is 6.12. The van der Waals surface area contributed by atoms with E-state index in [1.165, 1.54) is 14.2 Å². The predicted molar refractivity (Wildman–Crippen MR) is 94.1 cm³/mol. The van der Waals surface area contributed by atoms with E-state index < -0.39 is 5.60 Å². The van der Waals surface area contributed by atoms with Gasteiger partial charge in [0, 0.05) is 31.6 Å². The lowest BCUT2D eigenvalue weighted by molar-refractivity contribution is -0.141. The van der Waals surface area contributed by atoms with Crippen molar-refractivity contribution in [1.29, 1.82) is 0 Å². The van der Waals surface area contributed by atoms with Gasteiger partial charge in [-0.2, -0.15) is 0 Å². The van der Waals surface area contributed by atoms with Gasteiger partial charge in [-0.05, 0) is 6.42 Å². The van der Waals surface area contributed by atoms with Gasteiger partial charge in [-0.25, -0.2) is 5.01 Å². The average molecular weight is 381 g/mol. The molecule has 1 aliphatic carbocycles. The Hall–Kier alpha value is -1.83. The van der Waals surface area contributed by atoms with Crippen molar-refractivity contribution < 1.29 is 23.8 Å². The minimum Gasteiger partial charge on any atom is -0.496 e. The van der Waals surface area contributed by atoms with Gasteiger partial charge in [0.1, 0.15) is 22.1 Å². The molecule has 3 aliphatic rings. The zero-order valence-electron chi connectivity index (χ0n) is 15.1. The lowest BCUT2D eigenvalue weighted by Gasteiger charge is -2.40. The summed E-state index contributed by atoms with van der Waals surface area (Å²) in [5, 5.41) is 2.07. The number of halogens is 1. The largest absolute Gasteiger partial charge is 0.496 e. The van der Waals surface area contributed by atoms with E-state index >= 15 is 0 Å². The first-order valence-corrected chi connectivity index (χ1v) is 8.92. The van der Waals surface area contributed by atoms with Crippen LogP contribution in [-0.2, 0) is 4.79 Å². The standard InChI is InChI=1S/C18H21ClN2O5/c1-8-5-10-9(7-21(2)20-10)16(22)18(8)17(23)13-11(24-3)6-12(25-4)14(19)15(13)26-18/h6,8-10,20H,5,7H2,1-4H3. The molecule has 26 heavy (non-hydrogen) atoms. The Labute approximate surface area is 156 Å². The fourth-order valence-corrected chi connectivity index (χ4v) is 4.75. The first-order valence-electron chi connectivity index (χ1n) is 8.55. The number of nitrogens with one attached hydrogen (secondary N) is 1. The summed E-state index contributed by atoms with van der Waals surface area (Å²) in [7, 11) is 4.82. The second kappa shape index (κ2) is 5.84. The van der Waals surface area contributed by atoms with Gasteiger partial charge in [0.15, 0.2) is 11.5 Å². The highest BCUT2D eigenvalue weighted by Gasteiger charge is 2.65. The Bertz CT molecular complexity index is 813. The van der Waals surface area contributed by atoms with Crippen molar-refractivity contribution in [2.75, 3.05) is 27.8 Å². The minimum atomic E-state index is -1.56. The maximum absolute atomic E-state index is 13.4. The summed E-state index contributed by atoms with van der Waals surface area (Å²) >= 11 is 6.39. The molecule has 4 rings (SSSR count). The highest BCUT2D eigenvalue weighted by Crippen LogP contribution is 2.54. The molecule has 140 valence electrons. The Morgan fingerprint density at radius 3 is 2.65 bits per heavy atom. The molecule has 1 saturated heterocycles. The van der Waals surface area contributed by atoms with Crippen LogP contribution in [0.2, 0.25) is 5.02 Å². The van der Waals surface area contributed by atoms with Gasteiger partial charge in [0.2, 0.25) is 11.4 Å². The van der Waals surface area contributed by atoms with Crippen molar-refractivity contribution in [3.8, 4) is 17.2 Å². The monoisotopic (exact) mass is 380 g/mol. The fourth-order valence-electron chi connectivity index (χ4n) is 4.48. The van der Waals surface area contributed by atoms with Crippen LogP contribution in [0.15, 0.2) is 6.07 Å². The van der Waals surface area contributed by atoms with Gasteiger partial charge in [-0.15, -0.1) is 0 Å². The van der Waals surface area contributed by atoms with Crippen LogP contribution in [0.25, 0.3) is 0 Å². The van der Waals surface area contributed by atoms with Gasteiger partial charge in [-0.3, -0.25) is 15.0 Å². The molecule has 0 aromatic heterocycles. The quantitative estimate of drug-likeness (QED) is 0.783. The Kier molecular flexibility index (Phi) is 3.95. The van der Waals surface area contributed by atoms with Crippen LogP contribution in [0.5, 0.6) is 17.2 Å². The summed E-state index contributed by atoms with van der Waals surface area (Å²) in [6.45, 7) is 2.41. The molecular weight excluding hydrogens is 360 g/mol. The number of nitrogens with zero attached hydrogens (tertiary/aromatic N) is 1. The van der Waals surface area contributed by atoms with E-state index in [0.29, 0.717) is 24.5 Å². The number of Topliss-reactive ketones (excluding diaryl/α,β-unsaturated/α-hetero) is 2. The third kappa shape index (κ3) is 2.08. The highest BCUT2D eigenvalue weighted by atomic mass is 35.5. The lowest BCUT2D eigenvalue weighted by Crippen LogP contribution is -2.62. The summed E-state index contributed by atoms with van der Waals surface area (Å²) in [5.41, 5.74) is 1.95. The molecule has 0 amide bonds. The van der Waals surface area contributed by atoms with Crippen molar-refractivity contribution >= 4 is 23.2 Å². The number of rotatable bonds is 2. The van der Waals surface area contributed by atoms with Crippen molar-refractivity contribution in [3.63, 3.8) is 0 Å². The molecule has 1 spiro atoms. The first kappa shape index (κ1) is 17.6. The van der Waals surface area contributed by atoms with Gasteiger partial charge < -0.3 is 14.2 Å². The second-order valence-corrected chi connectivity index (χ2v) is 7.57. The van der Waals surface area contributed by atoms with Crippen LogP contribution >= 0.6 is 11.6 Å². The van der Waals surface area contributed by atoms with Crippen LogP contribution in [0.3, 0.4) is 0 Å². The number of fused-ring (bicyclic) bond motifs is 2.